The van der Waals surface area contributed by atoms with E-state index in [1.54, 1.807) is 6.07 Å². The molecule has 5 heteroatoms. The predicted molar refractivity (Wildman–Crippen MR) is 115 cm³/mol. The van der Waals surface area contributed by atoms with Crippen LogP contribution < -0.4 is 10.6 Å². The Morgan fingerprint density at radius 2 is 1.64 bits per heavy atom. The van der Waals surface area contributed by atoms with Gasteiger partial charge >= 0.3 is 0 Å². The van der Waals surface area contributed by atoms with Crippen molar-refractivity contribution in [2.75, 3.05) is 5.32 Å². The molecule has 4 nitrogen and oxygen atoms in total. The summed E-state index contributed by atoms with van der Waals surface area (Å²) in [6, 6.07) is 20.4. The van der Waals surface area contributed by atoms with Crippen molar-refractivity contribution in [3.63, 3.8) is 0 Å². The Labute approximate surface area is 169 Å². The van der Waals surface area contributed by atoms with E-state index in [1.165, 1.54) is 16.9 Å². The van der Waals surface area contributed by atoms with Gasteiger partial charge in [-0.25, -0.2) is 0 Å². The molecule has 0 aliphatic carbocycles. The van der Waals surface area contributed by atoms with E-state index in [0.29, 0.717) is 17.2 Å². The second-order valence-corrected chi connectivity index (χ2v) is 7.91. The lowest BCUT2D eigenvalue weighted by atomic mass is 10.0. The maximum Gasteiger partial charge on any atom is 0.262 e. The molecule has 3 rings (SSSR count). The molecule has 2 aromatic carbocycles. The minimum absolute atomic E-state index is 0.231. The van der Waals surface area contributed by atoms with Gasteiger partial charge in [0.1, 0.15) is 6.04 Å². The molecule has 0 bridgehead atoms. The van der Waals surface area contributed by atoms with Crippen LogP contribution in [-0.4, -0.2) is 17.9 Å². The molecule has 0 aliphatic heterocycles. The fourth-order valence-corrected chi connectivity index (χ4v) is 3.50. The SMILES string of the molecule is CC(C)c1ccc(NC(=O)[C@H](Cc2ccccc2)NC(=O)c2cccs2)cc1. The summed E-state index contributed by atoms with van der Waals surface area (Å²) in [5, 5.41) is 7.65. The molecule has 0 fully saturated rings. The lowest BCUT2D eigenvalue weighted by molar-refractivity contribution is -0.118. The maximum atomic E-state index is 12.9. The Balaban J connectivity index is 1.74. The standard InChI is InChI=1S/C23H24N2O2S/c1-16(2)18-10-12-19(13-11-18)24-22(26)20(15-17-7-4-3-5-8-17)25-23(27)21-9-6-14-28-21/h3-14,16,20H,15H2,1-2H3,(H,24,26)(H,25,27)/t20-/m0/s1. The Bertz CT molecular complexity index is 904. The number of anilines is 1. The Morgan fingerprint density at radius 3 is 2.25 bits per heavy atom. The molecule has 2 amide bonds. The smallest absolute Gasteiger partial charge is 0.262 e. The highest BCUT2D eigenvalue weighted by Gasteiger charge is 2.22. The molecule has 1 heterocycles. The molecule has 1 atom stereocenters. The van der Waals surface area contributed by atoms with Crippen molar-refractivity contribution in [1.82, 2.24) is 5.32 Å². The third-order valence-electron chi connectivity index (χ3n) is 4.49. The minimum Gasteiger partial charge on any atom is -0.339 e. The summed E-state index contributed by atoms with van der Waals surface area (Å²) in [6.07, 6.45) is 0.424. The number of amides is 2. The van der Waals surface area contributed by atoms with E-state index in [1.807, 2.05) is 66.0 Å². The van der Waals surface area contributed by atoms with Crippen LogP contribution in [0.5, 0.6) is 0 Å². The van der Waals surface area contributed by atoms with Crippen molar-refractivity contribution in [2.24, 2.45) is 0 Å². The molecule has 0 spiro atoms. The van der Waals surface area contributed by atoms with Gasteiger partial charge in [-0.15, -0.1) is 11.3 Å². The average Bonchev–Trinajstić information content (AvgIpc) is 3.23. The number of carbonyl (C=O) groups is 2. The Kier molecular flexibility index (Phi) is 6.61. The maximum absolute atomic E-state index is 12.9. The first kappa shape index (κ1) is 19.8. The molecule has 1 aromatic heterocycles. The number of hydrogen-bond acceptors (Lipinski definition) is 3. The molecule has 0 unspecified atom stereocenters. The quantitative estimate of drug-likeness (QED) is 0.604. The van der Waals surface area contributed by atoms with E-state index in [4.69, 9.17) is 0 Å². The highest BCUT2D eigenvalue weighted by atomic mass is 32.1. The molecular formula is C23H24N2O2S. The predicted octanol–water partition coefficient (Wildman–Crippen LogP) is 4.85. The second-order valence-electron chi connectivity index (χ2n) is 6.96. The lowest BCUT2D eigenvalue weighted by Gasteiger charge is -2.19. The van der Waals surface area contributed by atoms with Gasteiger partial charge in [-0.3, -0.25) is 9.59 Å². The summed E-state index contributed by atoms with van der Waals surface area (Å²) in [5.41, 5.74) is 2.92. The second kappa shape index (κ2) is 9.33. The van der Waals surface area contributed by atoms with Gasteiger partial charge in [-0.05, 0) is 40.6 Å². The van der Waals surface area contributed by atoms with E-state index < -0.39 is 6.04 Å². The van der Waals surface area contributed by atoms with Gasteiger partial charge in [0.25, 0.3) is 5.91 Å². The van der Waals surface area contributed by atoms with Crippen molar-refractivity contribution in [3.05, 3.63) is 88.1 Å². The first-order valence-electron chi connectivity index (χ1n) is 9.32. The van der Waals surface area contributed by atoms with Crippen molar-refractivity contribution < 1.29 is 9.59 Å². The topological polar surface area (TPSA) is 58.2 Å². The molecule has 144 valence electrons. The van der Waals surface area contributed by atoms with Gasteiger partial charge < -0.3 is 10.6 Å². The average molecular weight is 393 g/mol. The van der Waals surface area contributed by atoms with E-state index >= 15 is 0 Å². The molecule has 0 saturated carbocycles. The molecule has 0 radical (unpaired) electrons. The summed E-state index contributed by atoms with van der Waals surface area (Å²) in [5.74, 6) is -0.0343. The molecule has 28 heavy (non-hydrogen) atoms. The first-order chi connectivity index (χ1) is 13.5. The van der Waals surface area contributed by atoms with Gasteiger partial charge in [-0.2, -0.15) is 0 Å². The number of hydrogen-bond donors (Lipinski definition) is 2. The van der Waals surface area contributed by atoms with Crippen molar-refractivity contribution in [2.45, 2.75) is 32.2 Å². The molecule has 0 aliphatic rings. The van der Waals surface area contributed by atoms with Crippen LogP contribution >= 0.6 is 11.3 Å². The molecular weight excluding hydrogens is 368 g/mol. The Hall–Kier alpha value is -2.92. The third kappa shape index (κ3) is 5.30. The first-order valence-corrected chi connectivity index (χ1v) is 10.2. The summed E-state index contributed by atoms with van der Waals surface area (Å²) in [6.45, 7) is 4.26. The van der Waals surface area contributed by atoms with Crippen LogP contribution in [0.4, 0.5) is 5.69 Å². The number of benzene rings is 2. The van der Waals surface area contributed by atoms with Crippen LogP contribution in [-0.2, 0) is 11.2 Å². The van der Waals surface area contributed by atoms with E-state index in [0.717, 1.165) is 11.3 Å². The number of rotatable bonds is 7. The summed E-state index contributed by atoms with van der Waals surface area (Å²) < 4.78 is 0. The molecule has 2 N–H and O–H groups in total. The number of carbonyl (C=O) groups excluding carboxylic acids is 2. The lowest BCUT2D eigenvalue weighted by Crippen LogP contribution is -2.45. The zero-order valence-corrected chi connectivity index (χ0v) is 16.8. The molecule has 3 aromatic rings. The highest BCUT2D eigenvalue weighted by Crippen LogP contribution is 2.18. The van der Waals surface area contributed by atoms with Crippen molar-refractivity contribution in [3.8, 4) is 0 Å². The zero-order chi connectivity index (χ0) is 19.9. The third-order valence-corrected chi connectivity index (χ3v) is 5.36. The summed E-state index contributed by atoms with van der Waals surface area (Å²) >= 11 is 1.36. The number of nitrogens with one attached hydrogen (secondary N) is 2. The van der Waals surface area contributed by atoms with E-state index in [2.05, 4.69) is 24.5 Å². The Morgan fingerprint density at radius 1 is 0.929 bits per heavy atom. The van der Waals surface area contributed by atoms with Crippen LogP contribution in [0.15, 0.2) is 72.1 Å². The monoisotopic (exact) mass is 392 g/mol. The van der Waals surface area contributed by atoms with Gasteiger partial charge in [-0.1, -0.05) is 62.4 Å². The summed E-state index contributed by atoms with van der Waals surface area (Å²) in [7, 11) is 0. The van der Waals surface area contributed by atoms with Crippen LogP contribution in [0.1, 0.15) is 40.6 Å². The largest absolute Gasteiger partial charge is 0.339 e. The van der Waals surface area contributed by atoms with Crippen molar-refractivity contribution in [1.29, 1.82) is 0 Å². The fraction of sp³-hybridized carbons (Fsp3) is 0.217. The van der Waals surface area contributed by atoms with Gasteiger partial charge in [0.05, 0.1) is 4.88 Å². The zero-order valence-electron chi connectivity index (χ0n) is 16.0. The van der Waals surface area contributed by atoms with Crippen molar-refractivity contribution >= 4 is 28.8 Å². The van der Waals surface area contributed by atoms with Gasteiger partial charge in [0.15, 0.2) is 0 Å². The van der Waals surface area contributed by atoms with Crippen LogP contribution in [0.3, 0.4) is 0 Å². The van der Waals surface area contributed by atoms with E-state index in [9.17, 15) is 9.59 Å². The van der Waals surface area contributed by atoms with Gasteiger partial charge in [0.2, 0.25) is 5.91 Å². The molecule has 0 saturated heterocycles. The van der Waals surface area contributed by atoms with E-state index in [-0.39, 0.29) is 11.8 Å². The normalized spacial score (nSPS) is 11.8. The van der Waals surface area contributed by atoms with Gasteiger partial charge in [0, 0.05) is 12.1 Å². The van der Waals surface area contributed by atoms with Crippen LogP contribution in [0.25, 0.3) is 0 Å². The van der Waals surface area contributed by atoms with Crippen LogP contribution in [0, 0.1) is 0 Å². The van der Waals surface area contributed by atoms with Crippen LogP contribution in [0.2, 0.25) is 0 Å². The highest BCUT2D eigenvalue weighted by molar-refractivity contribution is 7.12. The fourth-order valence-electron chi connectivity index (χ4n) is 2.88. The minimum atomic E-state index is -0.665. The number of thiophene rings is 1. The summed E-state index contributed by atoms with van der Waals surface area (Å²) in [4.78, 5) is 26.0.